The molecule has 0 bridgehead atoms. The lowest BCUT2D eigenvalue weighted by Gasteiger charge is -2.28. The molecule has 0 amide bonds. The van der Waals surface area contributed by atoms with Gasteiger partial charge in [0.05, 0.1) is 18.8 Å². The number of carbonyl (C=O) groups excluding carboxylic acids is 2. The molecule has 0 spiro atoms. The molecule has 0 radical (unpaired) electrons. The van der Waals surface area contributed by atoms with Crippen molar-refractivity contribution in [1.29, 1.82) is 0 Å². The van der Waals surface area contributed by atoms with Gasteiger partial charge in [-0.3, -0.25) is 0 Å². The van der Waals surface area contributed by atoms with Crippen LogP contribution in [0.15, 0.2) is 36.4 Å². The fraction of sp³-hybridized carbons (Fsp3) is 0.576. The smallest absolute Gasteiger partial charge is 0.346 e. The molecule has 2 aromatic rings. The third-order valence-corrected chi connectivity index (χ3v) is 7.44. The van der Waals surface area contributed by atoms with Gasteiger partial charge in [0.25, 0.3) is 0 Å². The number of rotatable bonds is 17. The summed E-state index contributed by atoms with van der Waals surface area (Å²) in [7, 11) is 0. The highest BCUT2D eigenvalue weighted by molar-refractivity contribution is 5.91. The second-order valence-corrected chi connectivity index (χ2v) is 10.9. The van der Waals surface area contributed by atoms with E-state index >= 15 is 0 Å². The van der Waals surface area contributed by atoms with Crippen molar-refractivity contribution >= 4 is 11.9 Å². The second-order valence-electron chi connectivity index (χ2n) is 10.9. The normalized spacial score (nSPS) is 17.4. The number of hydrogen-bond acceptors (Lipinski definition) is 6. The van der Waals surface area contributed by atoms with Gasteiger partial charge in [-0.15, -0.1) is 0 Å². The molecule has 1 fully saturated rings. The molecular weight excluding hydrogens is 549 g/mol. The zero-order chi connectivity index (χ0) is 30.3. The van der Waals surface area contributed by atoms with Gasteiger partial charge in [-0.25, -0.2) is 18.4 Å². The summed E-state index contributed by atoms with van der Waals surface area (Å²) in [4.78, 5) is 24.4. The summed E-state index contributed by atoms with van der Waals surface area (Å²) in [5, 5.41) is 0. The zero-order valence-electron chi connectivity index (χ0n) is 24.7. The topological polar surface area (TPSA) is 71.1 Å². The van der Waals surface area contributed by atoms with Gasteiger partial charge in [0, 0.05) is 0 Å². The molecule has 0 aromatic heterocycles. The maximum absolute atomic E-state index is 14.6. The molecule has 0 unspecified atom stereocenters. The highest BCUT2D eigenvalue weighted by atomic mass is 19.2. The Morgan fingerprint density at radius 3 is 2.17 bits per heavy atom. The molecule has 1 saturated carbocycles. The molecule has 1 aliphatic carbocycles. The predicted octanol–water partition coefficient (Wildman–Crippen LogP) is 8.54. The molecule has 42 heavy (non-hydrogen) atoms. The van der Waals surface area contributed by atoms with Gasteiger partial charge in [0.1, 0.15) is 17.6 Å². The maximum atomic E-state index is 14.6. The molecule has 9 heteroatoms. The van der Waals surface area contributed by atoms with Crippen LogP contribution in [0, 0.1) is 17.6 Å². The number of esters is 2. The lowest BCUT2D eigenvalue weighted by atomic mass is 9.88. The summed E-state index contributed by atoms with van der Waals surface area (Å²) >= 11 is 0. The van der Waals surface area contributed by atoms with Gasteiger partial charge in [-0.2, -0.15) is 4.39 Å². The number of ether oxygens (including phenoxy) is 4. The van der Waals surface area contributed by atoms with Crippen molar-refractivity contribution in [2.45, 2.75) is 103 Å². The first kappa shape index (κ1) is 33.3. The Bertz CT molecular complexity index is 1120. The fourth-order valence-corrected chi connectivity index (χ4v) is 4.82. The Morgan fingerprint density at radius 1 is 0.810 bits per heavy atom. The Kier molecular flexibility index (Phi) is 14.0. The van der Waals surface area contributed by atoms with Gasteiger partial charge < -0.3 is 18.9 Å². The highest BCUT2D eigenvalue weighted by Gasteiger charge is 2.27. The van der Waals surface area contributed by atoms with Crippen molar-refractivity contribution in [3.63, 3.8) is 0 Å². The van der Waals surface area contributed by atoms with Crippen molar-refractivity contribution in [3.05, 3.63) is 53.6 Å². The third-order valence-electron chi connectivity index (χ3n) is 7.44. The average Bonchev–Trinajstić information content (AvgIpc) is 3.00. The van der Waals surface area contributed by atoms with Gasteiger partial charge in [-0.05, 0) is 80.8 Å². The number of unbranched alkanes of at least 4 members (excludes halogenated alkanes) is 5. The number of alkyl halides is 1. The van der Waals surface area contributed by atoms with Crippen molar-refractivity contribution in [2.24, 2.45) is 5.92 Å². The van der Waals surface area contributed by atoms with E-state index in [-0.39, 0.29) is 36.5 Å². The first-order valence-corrected chi connectivity index (χ1v) is 15.2. The molecule has 3 rings (SSSR count). The van der Waals surface area contributed by atoms with Crippen molar-refractivity contribution in [2.75, 3.05) is 13.2 Å². The Labute approximate surface area is 246 Å². The Hall–Kier alpha value is -3.23. The van der Waals surface area contributed by atoms with E-state index in [1.54, 1.807) is 12.1 Å². The van der Waals surface area contributed by atoms with E-state index in [9.17, 15) is 22.8 Å². The summed E-state index contributed by atoms with van der Waals surface area (Å²) < 4.78 is 64.7. The van der Waals surface area contributed by atoms with E-state index in [0.717, 1.165) is 57.4 Å². The molecule has 1 aliphatic rings. The summed E-state index contributed by atoms with van der Waals surface area (Å²) in [5.74, 6) is -3.54. The van der Waals surface area contributed by atoms with Crippen molar-refractivity contribution in [3.8, 4) is 17.2 Å². The number of hydrogen-bond donors (Lipinski definition) is 0. The summed E-state index contributed by atoms with van der Waals surface area (Å²) in [6.07, 6.45) is 7.80. The molecule has 1 atom stereocenters. The van der Waals surface area contributed by atoms with Gasteiger partial charge >= 0.3 is 11.9 Å². The predicted molar refractivity (Wildman–Crippen MR) is 154 cm³/mol. The minimum atomic E-state index is -1.55. The number of halogens is 3. The van der Waals surface area contributed by atoms with E-state index < -0.39 is 35.3 Å². The quantitative estimate of drug-likeness (QED) is 0.104. The fourth-order valence-electron chi connectivity index (χ4n) is 4.82. The van der Waals surface area contributed by atoms with Crippen LogP contribution in [-0.4, -0.2) is 37.4 Å². The average molecular weight is 593 g/mol. The van der Waals surface area contributed by atoms with Crippen LogP contribution < -0.4 is 14.2 Å². The van der Waals surface area contributed by atoms with Crippen molar-refractivity contribution < 1.29 is 41.7 Å². The lowest BCUT2D eigenvalue weighted by Crippen LogP contribution is -2.30. The molecule has 0 aliphatic heterocycles. The molecule has 6 nitrogen and oxygen atoms in total. The SMILES string of the molecule is CCCCCCCOc1ccc(C(=O)Oc2ccc(OCC3CCC(OC(=O)[C@@H](F)CCCC)CC3)cc2)c(F)c1F. The third kappa shape index (κ3) is 10.6. The van der Waals surface area contributed by atoms with Gasteiger partial charge in [-0.1, -0.05) is 52.4 Å². The Morgan fingerprint density at radius 2 is 1.48 bits per heavy atom. The molecule has 0 heterocycles. The van der Waals surface area contributed by atoms with Crippen LogP contribution in [0.3, 0.4) is 0 Å². The van der Waals surface area contributed by atoms with E-state index in [0.29, 0.717) is 31.6 Å². The monoisotopic (exact) mass is 592 g/mol. The largest absolute Gasteiger partial charge is 0.493 e. The first-order valence-electron chi connectivity index (χ1n) is 15.2. The molecule has 0 N–H and O–H groups in total. The van der Waals surface area contributed by atoms with Crippen molar-refractivity contribution in [1.82, 2.24) is 0 Å². The summed E-state index contributed by atoms with van der Waals surface area (Å²) in [5.41, 5.74) is -0.521. The zero-order valence-corrected chi connectivity index (χ0v) is 24.7. The highest BCUT2D eigenvalue weighted by Crippen LogP contribution is 2.29. The minimum absolute atomic E-state index is 0.159. The van der Waals surface area contributed by atoms with Gasteiger partial charge in [0.2, 0.25) is 5.82 Å². The van der Waals surface area contributed by atoms with Crippen LogP contribution in [0.2, 0.25) is 0 Å². The van der Waals surface area contributed by atoms with E-state index in [4.69, 9.17) is 18.9 Å². The molecular formula is C33H43F3O6. The molecule has 232 valence electrons. The molecule has 2 aromatic carbocycles. The van der Waals surface area contributed by atoms with Crippen LogP contribution >= 0.6 is 0 Å². The van der Waals surface area contributed by atoms with Gasteiger partial charge in [0.15, 0.2) is 17.7 Å². The maximum Gasteiger partial charge on any atom is 0.346 e. The van der Waals surface area contributed by atoms with Crippen LogP contribution in [0.4, 0.5) is 13.2 Å². The van der Waals surface area contributed by atoms with Crippen LogP contribution in [0.25, 0.3) is 0 Å². The minimum Gasteiger partial charge on any atom is -0.493 e. The first-order chi connectivity index (χ1) is 20.3. The summed E-state index contributed by atoms with van der Waals surface area (Å²) in [6.45, 7) is 4.79. The van der Waals surface area contributed by atoms with E-state index in [2.05, 4.69) is 6.92 Å². The standard InChI is InChI=1S/C33H43F3O6/c1-3-5-7-8-9-21-39-29-20-19-27(30(35)31(29)36)32(37)41-26-17-15-24(16-18-26)40-22-23-11-13-25(14-12-23)42-33(38)28(34)10-6-4-2/h15-20,23,25,28H,3-14,21-22H2,1-2H3/t23?,25?,28-/m0/s1. The lowest BCUT2D eigenvalue weighted by molar-refractivity contribution is -0.157. The Balaban J connectivity index is 1.40. The number of benzene rings is 2. The van der Waals surface area contributed by atoms with Crippen LogP contribution in [0.1, 0.15) is 101 Å². The molecule has 0 saturated heterocycles. The van der Waals surface area contributed by atoms with Crippen LogP contribution in [-0.2, 0) is 9.53 Å². The van der Waals surface area contributed by atoms with Crippen LogP contribution in [0.5, 0.6) is 17.2 Å². The van der Waals surface area contributed by atoms with E-state index in [1.807, 2.05) is 6.92 Å². The summed E-state index contributed by atoms with van der Waals surface area (Å²) in [6, 6.07) is 8.67. The number of carbonyl (C=O) groups is 2. The van der Waals surface area contributed by atoms with E-state index in [1.165, 1.54) is 18.2 Å². The second kappa shape index (κ2) is 17.7.